The van der Waals surface area contributed by atoms with E-state index in [1.54, 1.807) is 12.1 Å². The molecule has 1 aliphatic rings. The predicted molar refractivity (Wildman–Crippen MR) is 105 cm³/mol. The summed E-state index contributed by atoms with van der Waals surface area (Å²) in [5.41, 5.74) is 0. The van der Waals surface area contributed by atoms with Crippen LogP contribution in [0, 0.1) is 11.6 Å². The molecular weight excluding hydrogens is 446 g/mol. The first kappa shape index (κ1) is 21.8. The van der Waals surface area contributed by atoms with Gasteiger partial charge < -0.3 is 4.90 Å². The van der Waals surface area contributed by atoms with Crippen LogP contribution >= 0.6 is 22.9 Å². The summed E-state index contributed by atoms with van der Waals surface area (Å²) in [7, 11) is -3.99. The largest absolute Gasteiger partial charge is 0.340 e. The lowest BCUT2D eigenvalue weighted by molar-refractivity contribution is -0.132. The molecule has 0 unspecified atom stereocenters. The van der Waals surface area contributed by atoms with Crippen LogP contribution in [0.5, 0.6) is 0 Å². The Labute approximate surface area is 175 Å². The van der Waals surface area contributed by atoms with Gasteiger partial charge in [-0.1, -0.05) is 11.6 Å². The SMILES string of the molecule is O=C(CCC(=O)N1CCN(S(=O)(=O)c2ccc(F)c(F)c2)CC1)c1ccc(Cl)s1. The van der Waals surface area contributed by atoms with Gasteiger partial charge in [0, 0.05) is 39.0 Å². The van der Waals surface area contributed by atoms with Crippen molar-refractivity contribution in [3.05, 3.63) is 51.2 Å². The summed E-state index contributed by atoms with van der Waals surface area (Å²) in [5.74, 6) is -2.78. The topological polar surface area (TPSA) is 74.8 Å². The zero-order chi connectivity index (χ0) is 21.2. The van der Waals surface area contributed by atoms with Crippen molar-refractivity contribution < 1.29 is 26.8 Å². The molecule has 29 heavy (non-hydrogen) atoms. The number of carbonyl (C=O) groups excluding carboxylic acids is 2. The second-order valence-corrected chi connectivity index (χ2v) is 10.0. The molecule has 1 aromatic carbocycles. The van der Waals surface area contributed by atoms with E-state index in [4.69, 9.17) is 11.6 Å². The van der Waals surface area contributed by atoms with Crippen molar-refractivity contribution in [1.82, 2.24) is 9.21 Å². The Morgan fingerprint density at radius 3 is 2.28 bits per heavy atom. The number of carbonyl (C=O) groups is 2. The van der Waals surface area contributed by atoms with Crippen LogP contribution in [-0.4, -0.2) is 55.5 Å². The van der Waals surface area contributed by atoms with Crippen LogP contribution in [0.1, 0.15) is 22.5 Å². The Kier molecular flexibility index (Phi) is 6.67. The maximum atomic E-state index is 13.4. The van der Waals surface area contributed by atoms with Crippen LogP contribution in [0.3, 0.4) is 0 Å². The van der Waals surface area contributed by atoms with Crippen molar-refractivity contribution in [1.29, 1.82) is 0 Å². The Bertz CT molecular complexity index is 1030. The van der Waals surface area contributed by atoms with Gasteiger partial charge in [-0.25, -0.2) is 17.2 Å². The van der Waals surface area contributed by atoms with Gasteiger partial charge in [0.2, 0.25) is 15.9 Å². The van der Waals surface area contributed by atoms with E-state index in [-0.39, 0.29) is 55.6 Å². The molecule has 6 nitrogen and oxygen atoms in total. The molecule has 1 aromatic heterocycles. The third-order valence-corrected chi connectivity index (χ3v) is 7.70. The first-order valence-corrected chi connectivity index (χ1v) is 11.3. The molecule has 0 spiro atoms. The van der Waals surface area contributed by atoms with E-state index in [1.807, 2.05) is 0 Å². The summed E-state index contributed by atoms with van der Waals surface area (Å²) in [5, 5.41) is 0. The monoisotopic (exact) mass is 462 g/mol. The molecule has 0 bridgehead atoms. The van der Waals surface area contributed by atoms with Crippen LogP contribution in [0.4, 0.5) is 8.78 Å². The number of hydrogen-bond acceptors (Lipinski definition) is 5. The molecule has 3 rings (SSSR count). The number of thiophene rings is 1. The Morgan fingerprint density at radius 2 is 1.69 bits per heavy atom. The fraction of sp³-hybridized carbons (Fsp3) is 0.333. The lowest BCUT2D eigenvalue weighted by Crippen LogP contribution is -2.50. The zero-order valence-corrected chi connectivity index (χ0v) is 17.5. The number of amides is 1. The van der Waals surface area contributed by atoms with E-state index >= 15 is 0 Å². The smallest absolute Gasteiger partial charge is 0.243 e. The number of nitrogens with zero attached hydrogens (tertiary/aromatic N) is 2. The molecule has 1 saturated heterocycles. The minimum absolute atomic E-state index is 0.0181. The third-order valence-electron chi connectivity index (χ3n) is 4.53. The highest BCUT2D eigenvalue weighted by Crippen LogP contribution is 2.23. The van der Waals surface area contributed by atoms with Gasteiger partial charge in [-0.3, -0.25) is 9.59 Å². The Balaban J connectivity index is 1.54. The van der Waals surface area contributed by atoms with E-state index in [1.165, 1.54) is 4.90 Å². The molecule has 0 atom stereocenters. The number of Topliss-reactive ketones (excluding diaryl/α,β-unsaturated/α-hetero) is 1. The van der Waals surface area contributed by atoms with Crippen LogP contribution in [0.15, 0.2) is 35.2 Å². The summed E-state index contributed by atoms with van der Waals surface area (Å²) in [6.07, 6.45) is 0.0628. The van der Waals surface area contributed by atoms with E-state index in [0.29, 0.717) is 15.3 Å². The second-order valence-electron chi connectivity index (χ2n) is 6.39. The van der Waals surface area contributed by atoms with Crippen molar-refractivity contribution in [3.8, 4) is 0 Å². The Morgan fingerprint density at radius 1 is 1.00 bits per heavy atom. The lowest BCUT2D eigenvalue weighted by atomic mass is 10.1. The minimum atomic E-state index is -3.99. The van der Waals surface area contributed by atoms with Crippen LogP contribution < -0.4 is 0 Å². The van der Waals surface area contributed by atoms with Crippen molar-refractivity contribution in [2.24, 2.45) is 0 Å². The van der Waals surface area contributed by atoms with Gasteiger partial charge in [-0.15, -0.1) is 11.3 Å². The normalized spacial score (nSPS) is 15.5. The highest BCUT2D eigenvalue weighted by molar-refractivity contribution is 7.89. The third kappa shape index (κ3) is 5.00. The number of piperazine rings is 1. The molecule has 1 aliphatic heterocycles. The van der Waals surface area contributed by atoms with Gasteiger partial charge in [0.25, 0.3) is 0 Å². The molecular formula is C18H17ClF2N2O4S2. The van der Waals surface area contributed by atoms with Gasteiger partial charge >= 0.3 is 0 Å². The van der Waals surface area contributed by atoms with E-state index in [9.17, 15) is 26.8 Å². The van der Waals surface area contributed by atoms with Crippen LogP contribution in [0.25, 0.3) is 0 Å². The van der Waals surface area contributed by atoms with Gasteiger partial charge in [0.15, 0.2) is 17.4 Å². The number of benzene rings is 1. The van der Waals surface area contributed by atoms with E-state index in [0.717, 1.165) is 27.8 Å². The quantitative estimate of drug-likeness (QED) is 0.618. The Hall–Kier alpha value is -1.88. The minimum Gasteiger partial charge on any atom is -0.340 e. The van der Waals surface area contributed by atoms with Crippen LogP contribution in [0.2, 0.25) is 4.34 Å². The summed E-state index contributed by atoms with van der Waals surface area (Å²) in [4.78, 5) is 26.1. The number of sulfonamides is 1. The molecule has 0 N–H and O–H groups in total. The number of hydrogen-bond donors (Lipinski definition) is 0. The molecule has 2 aromatic rings. The van der Waals surface area contributed by atoms with Gasteiger partial charge in [-0.2, -0.15) is 4.31 Å². The predicted octanol–water partition coefficient (Wildman–Crippen LogP) is 3.18. The molecule has 0 saturated carbocycles. The molecule has 0 radical (unpaired) electrons. The highest BCUT2D eigenvalue weighted by atomic mass is 35.5. The van der Waals surface area contributed by atoms with E-state index in [2.05, 4.69) is 0 Å². The molecule has 156 valence electrons. The fourth-order valence-corrected chi connectivity index (χ4v) is 5.38. The summed E-state index contributed by atoms with van der Waals surface area (Å²) in [6.45, 7) is 0.366. The van der Waals surface area contributed by atoms with Gasteiger partial charge in [0.05, 0.1) is 14.1 Å². The van der Waals surface area contributed by atoms with E-state index < -0.39 is 21.7 Å². The summed E-state index contributed by atoms with van der Waals surface area (Å²) in [6, 6.07) is 5.65. The molecule has 1 fully saturated rings. The fourth-order valence-electron chi connectivity index (χ4n) is 2.93. The average molecular weight is 463 g/mol. The first-order valence-electron chi connectivity index (χ1n) is 8.70. The van der Waals surface area contributed by atoms with Gasteiger partial charge in [0.1, 0.15) is 0 Å². The zero-order valence-electron chi connectivity index (χ0n) is 15.1. The summed E-state index contributed by atoms with van der Waals surface area (Å²) >= 11 is 6.95. The van der Waals surface area contributed by atoms with Crippen molar-refractivity contribution in [3.63, 3.8) is 0 Å². The van der Waals surface area contributed by atoms with Crippen molar-refractivity contribution in [2.45, 2.75) is 17.7 Å². The summed E-state index contributed by atoms with van der Waals surface area (Å²) < 4.78 is 53.2. The van der Waals surface area contributed by atoms with Crippen molar-refractivity contribution >= 4 is 44.7 Å². The van der Waals surface area contributed by atoms with Gasteiger partial charge in [-0.05, 0) is 30.3 Å². The highest BCUT2D eigenvalue weighted by Gasteiger charge is 2.30. The molecule has 0 aliphatic carbocycles. The standard InChI is InChI=1S/C18H17ClF2N2O4S2/c19-17-5-4-16(28-17)15(24)3-6-18(25)22-7-9-23(10-8-22)29(26,27)12-1-2-13(20)14(21)11-12/h1-2,4-5,11H,3,6-10H2. The maximum absolute atomic E-state index is 13.4. The lowest BCUT2D eigenvalue weighted by Gasteiger charge is -2.34. The number of rotatable bonds is 6. The molecule has 11 heteroatoms. The number of halogens is 3. The molecule has 1 amide bonds. The number of ketones is 1. The average Bonchev–Trinajstić information content (AvgIpc) is 3.14. The van der Waals surface area contributed by atoms with Crippen molar-refractivity contribution in [2.75, 3.05) is 26.2 Å². The first-order chi connectivity index (χ1) is 13.7. The molecule has 2 heterocycles. The maximum Gasteiger partial charge on any atom is 0.243 e. The van der Waals surface area contributed by atoms with Crippen LogP contribution in [-0.2, 0) is 14.8 Å². The second kappa shape index (κ2) is 8.86.